The normalized spacial score (nSPS) is 23.4. The number of nitrogen functional groups attached to an aromatic ring is 1. The van der Waals surface area contributed by atoms with Crippen LogP contribution in [0.15, 0.2) is 47.4 Å². The number of carbonyl (C=O) groups excluding carboxylic acids is 1. The predicted octanol–water partition coefficient (Wildman–Crippen LogP) is 2.01. The second kappa shape index (κ2) is 10.6. The Labute approximate surface area is 187 Å². The van der Waals surface area contributed by atoms with Crippen molar-refractivity contribution >= 4 is 31.3 Å². The van der Waals surface area contributed by atoms with Gasteiger partial charge in [0.05, 0.1) is 6.61 Å². The van der Waals surface area contributed by atoms with Gasteiger partial charge in [-0.05, 0) is 25.0 Å². The number of hydrogen-bond donors (Lipinski definition) is 3. The fourth-order valence-electron chi connectivity index (χ4n) is 3.04. The van der Waals surface area contributed by atoms with Crippen molar-refractivity contribution in [3.05, 3.63) is 58.6 Å². The number of nitrogens with zero attached hydrogens (tertiary/aromatic N) is 2. The van der Waals surface area contributed by atoms with E-state index in [9.17, 15) is 23.4 Å². The van der Waals surface area contributed by atoms with Gasteiger partial charge in [-0.1, -0.05) is 30.3 Å². The van der Waals surface area contributed by atoms with E-state index in [0.29, 0.717) is 0 Å². The number of aromatic nitrogens is 2. The molecule has 0 amide bonds. The first-order valence-electron chi connectivity index (χ1n) is 9.74. The molecule has 0 bridgehead atoms. The van der Waals surface area contributed by atoms with Gasteiger partial charge in [-0.2, -0.15) is 4.98 Å². The zero-order valence-corrected chi connectivity index (χ0v) is 18.9. The quantitative estimate of drug-likeness (QED) is 0.355. The lowest BCUT2D eigenvalue weighted by Gasteiger charge is -2.19. The Morgan fingerprint density at radius 2 is 2.16 bits per heavy atom. The van der Waals surface area contributed by atoms with Crippen LogP contribution in [0, 0.1) is 0 Å². The van der Waals surface area contributed by atoms with Gasteiger partial charge in [0.25, 0.3) is 0 Å². The molecule has 2 heterocycles. The smallest absolute Gasteiger partial charge is 0.403 e. The highest BCUT2D eigenvalue weighted by Gasteiger charge is 2.38. The van der Waals surface area contributed by atoms with Crippen LogP contribution in [0.5, 0.6) is 0 Å². The zero-order valence-electron chi connectivity index (χ0n) is 17.2. The van der Waals surface area contributed by atoms with E-state index in [0.717, 1.165) is 21.9 Å². The summed E-state index contributed by atoms with van der Waals surface area (Å²) in [5, 5.41) is 0.888. The van der Waals surface area contributed by atoms with E-state index in [2.05, 4.69) is 10.1 Å². The summed E-state index contributed by atoms with van der Waals surface area (Å²) >= 11 is 1.09. The number of hydrogen-bond acceptors (Lipinski definition) is 8. The minimum atomic E-state index is -4.36. The molecular formula is C19H24FN4O6PS. The van der Waals surface area contributed by atoms with Crippen molar-refractivity contribution in [2.24, 2.45) is 0 Å². The number of thioether (sulfide) groups is 1. The highest BCUT2D eigenvalue weighted by Crippen LogP contribution is 2.45. The van der Waals surface area contributed by atoms with E-state index in [-0.39, 0.29) is 25.5 Å². The molecule has 1 aromatic heterocycles. The van der Waals surface area contributed by atoms with Crippen molar-refractivity contribution in [3.8, 4) is 0 Å². The number of esters is 1. The molecule has 1 unspecified atom stereocenters. The molecule has 174 valence electrons. The van der Waals surface area contributed by atoms with Crippen molar-refractivity contribution in [2.75, 3.05) is 12.3 Å². The molecule has 10 nitrogen and oxygen atoms in total. The van der Waals surface area contributed by atoms with Gasteiger partial charge < -0.3 is 15.4 Å². The van der Waals surface area contributed by atoms with Crippen LogP contribution in [0.25, 0.3) is 0 Å². The minimum Gasteiger partial charge on any atom is -0.460 e. The Kier molecular flexibility index (Phi) is 8.07. The first-order chi connectivity index (χ1) is 15.1. The van der Waals surface area contributed by atoms with Crippen LogP contribution < -0.4 is 16.5 Å². The van der Waals surface area contributed by atoms with Gasteiger partial charge in [-0.15, -0.1) is 11.8 Å². The molecule has 32 heavy (non-hydrogen) atoms. The summed E-state index contributed by atoms with van der Waals surface area (Å²) in [6.45, 7) is 1.14. The summed E-state index contributed by atoms with van der Waals surface area (Å²) < 4.78 is 38.1. The van der Waals surface area contributed by atoms with Crippen LogP contribution in [-0.2, 0) is 25.2 Å². The van der Waals surface area contributed by atoms with Crippen molar-refractivity contribution in [3.63, 3.8) is 0 Å². The molecule has 2 aromatic rings. The van der Waals surface area contributed by atoms with Crippen molar-refractivity contribution in [2.45, 2.75) is 42.8 Å². The number of carbonyl (C=O) groups is 1. The standard InChI is InChI=1S/C19H24FN4O6PS/c1-12(18(25)29-10-13-5-3-2-4-6-13)23-31(27,28)30-11-14-9-15(20)17(32-14)24-8-7-16(21)22-19(24)26/h2-8,12,14-15,17H,9-11H2,1H3,(H2,21,22,26)(H2,23,27,28)/t12-,14-,15-,17+/m0/s1. The van der Waals surface area contributed by atoms with E-state index in [1.165, 1.54) is 19.2 Å². The van der Waals surface area contributed by atoms with Crippen LogP contribution in [0.4, 0.5) is 10.2 Å². The number of anilines is 1. The third kappa shape index (κ3) is 6.63. The number of nitrogens with one attached hydrogen (secondary N) is 1. The molecule has 1 aliphatic heterocycles. The number of halogens is 1. The number of alkyl halides is 1. The van der Waals surface area contributed by atoms with E-state index < -0.39 is 42.2 Å². The van der Waals surface area contributed by atoms with Gasteiger partial charge in [0.15, 0.2) is 0 Å². The molecule has 0 aliphatic carbocycles. The molecule has 1 fully saturated rings. The molecule has 0 saturated carbocycles. The number of benzene rings is 1. The molecule has 1 aromatic carbocycles. The van der Waals surface area contributed by atoms with Gasteiger partial charge in [0.1, 0.15) is 30.0 Å². The molecule has 4 N–H and O–H groups in total. The average Bonchev–Trinajstić information content (AvgIpc) is 3.11. The Hall–Kier alpha value is -2.24. The highest BCUT2D eigenvalue weighted by molar-refractivity contribution is 8.00. The second-order valence-corrected chi connectivity index (χ2v) is 10.2. The lowest BCUT2D eigenvalue weighted by atomic mass is 10.2. The van der Waals surface area contributed by atoms with Crippen molar-refractivity contribution in [1.29, 1.82) is 0 Å². The van der Waals surface area contributed by atoms with Crippen molar-refractivity contribution in [1.82, 2.24) is 14.6 Å². The lowest BCUT2D eigenvalue weighted by molar-refractivity contribution is -0.146. The molecule has 0 radical (unpaired) electrons. The maximum absolute atomic E-state index is 14.5. The summed E-state index contributed by atoms with van der Waals surface area (Å²) in [6.07, 6.45) is -0.00475. The number of ether oxygens (including phenoxy) is 1. The zero-order chi connectivity index (χ0) is 23.3. The fourth-order valence-corrected chi connectivity index (χ4v) is 5.61. The van der Waals surface area contributed by atoms with Gasteiger partial charge in [0.2, 0.25) is 0 Å². The molecule has 3 rings (SSSR count). The molecule has 1 aliphatic rings. The van der Waals surface area contributed by atoms with Crippen LogP contribution in [0.3, 0.4) is 0 Å². The predicted molar refractivity (Wildman–Crippen MR) is 117 cm³/mol. The first-order valence-corrected chi connectivity index (χ1v) is 12.3. The molecule has 13 heteroatoms. The van der Waals surface area contributed by atoms with Gasteiger partial charge >= 0.3 is 19.4 Å². The third-order valence-corrected chi connectivity index (χ3v) is 7.35. The van der Waals surface area contributed by atoms with Crippen molar-refractivity contribution < 1.29 is 27.9 Å². The molecule has 0 spiro atoms. The van der Waals surface area contributed by atoms with Crippen LogP contribution in [0.2, 0.25) is 0 Å². The van der Waals surface area contributed by atoms with E-state index in [1.54, 1.807) is 24.3 Å². The van der Waals surface area contributed by atoms with E-state index in [4.69, 9.17) is 15.0 Å². The Bertz CT molecular complexity index is 1040. The Morgan fingerprint density at radius 3 is 2.84 bits per heavy atom. The summed E-state index contributed by atoms with van der Waals surface area (Å²) in [6, 6.07) is 9.28. The maximum Gasteiger partial charge on any atom is 0.403 e. The van der Waals surface area contributed by atoms with Gasteiger partial charge in [-0.3, -0.25) is 13.9 Å². The minimum absolute atomic E-state index is 0.0147. The Morgan fingerprint density at radius 1 is 1.44 bits per heavy atom. The fraction of sp³-hybridized carbons (Fsp3) is 0.421. The van der Waals surface area contributed by atoms with Crippen LogP contribution in [-0.4, -0.2) is 44.5 Å². The average molecular weight is 486 g/mol. The number of rotatable bonds is 9. The SMILES string of the molecule is C[C@H](NP(=O)(O)OC[C@@H]1C[C@H](F)[C@H](n2ccc(N)nc2=O)S1)C(=O)OCc1ccccc1. The summed E-state index contributed by atoms with van der Waals surface area (Å²) in [5.41, 5.74) is 5.55. The molecule has 5 atom stereocenters. The first kappa shape index (κ1) is 24.4. The summed E-state index contributed by atoms with van der Waals surface area (Å²) in [5.74, 6) is -0.686. The van der Waals surface area contributed by atoms with Gasteiger partial charge in [0, 0.05) is 11.4 Å². The maximum atomic E-state index is 14.5. The summed E-state index contributed by atoms with van der Waals surface area (Å²) in [7, 11) is -4.36. The third-order valence-electron chi connectivity index (χ3n) is 4.62. The largest absolute Gasteiger partial charge is 0.460 e. The second-order valence-electron chi connectivity index (χ2n) is 7.20. The molecular weight excluding hydrogens is 462 g/mol. The molecule has 1 saturated heterocycles. The van der Waals surface area contributed by atoms with Crippen LogP contribution >= 0.6 is 19.5 Å². The Balaban J connectivity index is 1.48. The van der Waals surface area contributed by atoms with E-state index in [1.807, 2.05) is 6.07 Å². The number of nitrogens with two attached hydrogens (primary N) is 1. The monoisotopic (exact) mass is 486 g/mol. The van der Waals surface area contributed by atoms with Gasteiger partial charge in [-0.25, -0.2) is 18.8 Å². The highest BCUT2D eigenvalue weighted by atomic mass is 32.2. The lowest BCUT2D eigenvalue weighted by Crippen LogP contribution is -2.34. The topological polar surface area (TPSA) is 146 Å². The van der Waals surface area contributed by atoms with E-state index >= 15 is 0 Å². The summed E-state index contributed by atoms with van der Waals surface area (Å²) in [4.78, 5) is 37.6. The van der Waals surface area contributed by atoms with Crippen LogP contribution in [0.1, 0.15) is 24.3 Å².